The zero-order valence-corrected chi connectivity index (χ0v) is 14.3. The molecule has 24 heavy (non-hydrogen) atoms. The summed E-state index contributed by atoms with van der Waals surface area (Å²) in [5.74, 6) is -2.28. The highest BCUT2D eigenvalue weighted by molar-refractivity contribution is 7.89. The lowest BCUT2D eigenvalue weighted by atomic mass is 9.96. The molecule has 0 heterocycles. The van der Waals surface area contributed by atoms with Crippen LogP contribution in [0, 0.1) is 5.82 Å². The number of nitrogens with one attached hydrogen (secondary N) is 2. The maximum absolute atomic E-state index is 12.8. The van der Waals surface area contributed by atoms with Gasteiger partial charge in [0.15, 0.2) is 0 Å². The van der Waals surface area contributed by atoms with Crippen LogP contribution in [0.25, 0.3) is 0 Å². The standard InChI is InChI=1S/C15H21FN2O5S/c1-3-9-15(2,14(20)21)18-13(19)8-10-17-24(22,23)12-6-4-11(16)5-7-12/h4-7,17H,3,8-10H2,1-2H3,(H,18,19)(H,20,21). The summed E-state index contributed by atoms with van der Waals surface area (Å²) >= 11 is 0. The molecule has 1 aromatic rings. The molecule has 0 saturated carbocycles. The van der Waals surface area contributed by atoms with Crippen LogP contribution in [0.4, 0.5) is 4.39 Å². The van der Waals surface area contributed by atoms with Crippen LogP contribution >= 0.6 is 0 Å². The molecule has 0 spiro atoms. The van der Waals surface area contributed by atoms with E-state index in [0.717, 1.165) is 24.3 Å². The summed E-state index contributed by atoms with van der Waals surface area (Å²) in [6.07, 6.45) is 0.614. The first kappa shape index (κ1) is 20.0. The molecule has 1 unspecified atom stereocenters. The number of carbonyl (C=O) groups excluding carboxylic acids is 1. The Morgan fingerprint density at radius 3 is 2.33 bits per heavy atom. The van der Waals surface area contributed by atoms with Crippen molar-refractivity contribution in [3.05, 3.63) is 30.1 Å². The first-order valence-electron chi connectivity index (χ1n) is 7.40. The number of rotatable bonds is 9. The van der Waals surface area contributed by atoms with Crippen molar-refractivity contribution in [3.8, 4) is 0 Å². The van der Waals surface area contributed by atoms with Crippen molar-refractivity contribution in [3.63, 3.8) is 0 Å². The van der Waals surface area contributed by atoms with E-state index in [1.807, 2.05) is 0 Å². The SMILES string of the molecule is CCCC(C)(NC(=O)CCNS(=O)(=O)c1ccc(F)cc1)C(=O)O. The second kappa shape index (κ2) is 8.20. The van der Waals surface area contributed by atoms with E-state index in [1.165, 1.54) is 6.92 Å². The van der Waals surface area contributed by atoms with Gasteiger partial charge < -0.3 is 10.4 Å². The maximum Gasteiger partial charge on any atom is 0.329 e. The van der Waals surface area contributed by atoms with Crippen LogP contribution in [0.1, 0.15) is 33.1 Å². The summed E-state index contributed by atoms with van der Waals surface area (Å²) < 4.78 is 38.9. The van der Waals surface area contributed by atoms with Gasteiger partial charge in [0.1, 0.15) is 11.4 Å². The number of hydrogen-bond acceptors (Lipinski definition) is 4. The van der Waals surface area contributed by atoms with E-state index in [-0.39, 0.29) is 24.3 Å². The van der Waals surface area contributed by atoms with Gasteiger partial charge in [0.2, 0.25) is 15.9 Å². The summed E-state index contributed by atoms with van der Waals surface area (Å²) in [5.41, 5.74) is -1.39. The fraction of sp³-hybridized carbons (Fsp3) is 0.467. The molecule has 0 bridgehead atoms. The van der Waals surface area contributed by atoms with E-state index in [2.05, 4.69) is 10.0 Å². The van der Waals surface area contributed by atoms with E-state index in [0.29, 0.717) is 6.42 Å². The Kier molecular flexibility index (Phi) is 6.85. The molecule has 1 atom stereocenters. The molecule has 3 N–H and O–H groups in total. The van der Waals surface area contributed by atoms with Crippen molar-refractivity contribution in [2.45, 2.75) is 43.5 Å². The number of carboxylic acid groups (broad SMARTS) is 1. The van der Waals surface area contributed by atoms with Gasteiger partial charge in [0.25, 0.3) is 0 Å². The average Bonchev–Trinajstić information content (AvgIpc) is 2.47. The van der Waals surface area contributed by atoms with Crippen molar-refractivity contribution < 1.29 is 27.5 Å². The highest BCUT2D eigenvalue weighted by atomic mass is 32.2. The molecule has 0 radical (unpaired) electrons. The molecule has 0 aromatic heterocycles. The van der Waals surface area contributed by atoms with Gasteiger partial charge in [-0.3, -0.25) is 4.79 Å². The number of amides is 1. The van der Waals surface area contributed by atoms with Gasteiger partial charge in [0, 0.05) is 13.0 Å². The number of aliphatic carboxylic acids is 1. The van der Waals surface area contributed by atoms with Crippen LogP contribution in [0.2, 0.25) is 0 Å². The predicted molar refractivity (Wildman–Crippen MR) is 85.3 cm³/mol. The van der Waals surface area contributed by atoms with Gasteiger partial charge in [-0.25, -0.2) is 22.3 Å². The molecule has 0 aliphatic heterocycles. The number of benzene rings is 1. The van der Waals surface area contributed by atoms with Crippen molar-refractivity contribution in [1.82, 2.24) is 10.0 Å². The summed E-state index contributed by atoms with van der Waals surface area (Å²) in [4.78, 5) is 23.0. The molecule has 7 nitrogen and oxygen atoms in total. The summed E-state index contributed by atoms with van der Waals surface area (Å²) in [6.45, 7) is 3.00. The molecular weight excluding hydrogens is 339 g/mol. The highest BCUT2D eigenvalue weighted by Gasteiger charge is 2.33. The average molecular weight is 360 g/mol. The largest absolute Gasteiger partial charge is 0.480 e. The third-order valence-corrected chi connectivity index (χ3v) is 4.88. The molecule has 1 amide bonds. The third-order valence-electron chi connectivity index (χ3n) is 3.41. The molecule has 0 aliphatic rings. The molecule has 1 rings (SSSR count). The normalized spacial score (nSPS) is 14.0. The minimum absolute atomic E-state index is 0.120. The number of halogens is 1. The lowest BCUT2D eigenvalue weighted by Gasteiger charge is -2.25. The van der Waals surface area contributed by atoms with Crippen LogP contribution in [0.15, 0.2) is 29.2 Å². The summed E-state index contributed by atoms with van der Waals surface area (Å²) in [5, 5.41) is 11.6. The van der Waals surface area contributed by atoms with Gasteiger partial charge in [-0.15, -0.1) is 0 Å². The van der Waals surface area contributed by atoms with Gasteiger partial charge in [-0.05, 0) is 37.6 Å². The zero-order chi connectivity index (χ0) is 18.4. The van der Waals surface area contributed by atoms with E-state index in [4.69, 9.17) is 0 Å². The molecular formula is C15H21FN2O5S. The van der Waals surface area contributed by atoms with Gasteiger partial charge in [-0.1, -0.05) is 13.3 Å². The Morgan fingerprint density at radius 1 is 1.25 bits per heavy atom. The van der Waals surface area contributed by atoms with Gasteiger partial charge in [-0.2, -0.15) is 0 Å². The highest BCUT2D eigenvalue weighted by Crippen LogP contribution is 2.13. The van der Waals surface area contributed by atoms with E-state index in [1.54, 1.807) is 6.92 Å². The second-order valence-electron chi connectivity index (χ2n) is 5.54. The first-order valence-corrected chi connectivity index (χ1v) is 8.88. The van der Waals surface area contributed by atoms with Crippen LogP contribution in [0.5, 0.6) is 0 Å². The van der Waals surface area contributed by atoms with Crippen molar-refractivity contribution >= 4 is 21.9 Å². The Hall–Kier alpha value is -2.00. The summed E-state index contributed by atoms with van der Waals surface area (Å²) in [7, 11) is -3.86. The Labute approximate surface area is 140 Å². The number of carboxylic acids is 1. The molecule has 134 valence electrons. The van der Waals surface area contributed by atoms with E-state index >= 15 is 0 Å². The third kappa shape index (κ3) is 5.57. The van der Waals surface area contributed by atoms with Crippen molar-refractivity contribution in [2.75, 3.05) is 6.54 Å². The molecule has 0 fully saturated rings. The number of carbonyl (C=O) groups is 2. The monoisotopic (exact) mass is 360 g/mol. The van der Waals surface area contributed by atoms with Crippen molar-refractivity contribution in [1.29, 1.82) is 0 Å². The van der Waals surface area contributed by atoms with Crippen molar-refractivity contribution in [2.24, 2.45) is 0 Å². The zero-order valence-electron chi connectivity index (χ0n) is 13.5. The lowest BCUT2D eigenvalue weighted by Crippen LogP contribution is -2.52. The molecule has 0 saturated heterocycles. The van der Waals surface area contributed by atoms with E-state index in [9.17, 15) is 27.5 Å². The molecule has 9 heteroatoms. The fourth-order valence-electron chi connectivity index (χ4n) is 2.09. The van der Waals surface area contributed by atoms with Crippen LogP contribution in [-0.2, 0) is 19.6 Å². The van der Waals surface area contributed by atoms with E-state index < -0.39 is 33.3 Å². The number of sulfonamides is 1. The minimum Gasteiger partial charge on any atom is -0.480 e. The van der Waals surface area contributed by atoms with Crippen LogP contribution in [-0.4, -0.2) is 37.5 Å². The van der Waals surface area contributed by atoms with Gasteiger partial charge in [0.05, 0.1) is 4.90 Å². The van der Waals surface area contributed by atoms with Crippen LogP contribution in [0.3, 0.4) is 0 Å². The molecule has 1 aromatic carbocycles. The fourth-order valence-corrected chi connectivity index (χ4v) is 3.12. The van der Waals surface area contributed by atoms with Crippen LogP contribution < -0.4 is 10.0 Å². The quantitative estimate of drug-likeness (QED) is 0.613. The topological polar surface area (TPSA) is 113 Å². The summed E-state index contributed by atoms with van der Waals surface area (Å²) in [6, 6.07) is 4.26. The Balaban J connectivity index is 2.58. The smallest absolute Gasteiger partial charge is 0.329 e. The minimum atomic E-state index is -3.86. The second-order valence-corrected chi connectivity index (χ2v) is 7.30. The number of hydrogen-bond donors (Lipinski definition) is 3. The molecule has 0 aliphatic carbocycles. The maximum atomic E-state index is 12.8. The van der Waals surface area contributed by atoms with Gasteiger partial charge >= 0.3 is 5.97 Å². The Bertz CT molecular complexity index is 690. The first-order chi connectivity index (χ1) is 11.1. The Morgan fingerprint density at radius 2 is 1.83 bits per heavy atom. The lowest BCUT2D eigenvalue weighted by molar-refractivity contribution is -0.147. The predicted octanol–water partition coefficient (Wildman–Crippen LogP) is 1.25.